The second-order valence-electron chi connectivity index (χ2n) is 8.01. The molecule has 1 saturated heterocycles. The number of aromatic nitrogens is 2. The summed E-state index contributed by atoms with van der Waals surface area (Å²) in [6.45, 7) is 6.66. The van der Waals surface area contributed by atoms with Crippen LogP contribution in [-0.2, 0) is 13.0 Å². The van der Waals surface area contributed by atoms with Crippen molar-refractivity contribution in [1.29, 1.82) is 0 Å². The van der Waals surface area contributed by atoms with E-state index in [1.54, 1.807) is 0 Å². The van der Waals surface area contributed by atoms with E-state index in [0.717, 1.165) is 38.4 Å². The van der Waals surface area contributed by atoms with Crippen LogP contribution in [0.3, 0.4) is 0 Å². The number of hydrogen-bond acceptors (Lipinski definition) is 4. The van der Waals surface area contributed by atoms with Crippen molar-refractivity contribution in [3.63, 3.8) is 0 Å². The zero-order chi connectivity index (χ0) is 17.9. The number of likely N-dealkylation sites (tertiary alicyclic amines) is 1. The molecule has 4 heteroatoms. The molecule has 138 valence electrons. The lowest BCUT2D eigenvalue weighted by atomic mass is 9.96. The molecule has 2 aliphatic rings. The highest BCUT2D eigenvalue weighted by Gasteiger charge is 2.28. The second kappa shape index (κ2) is 7.85. The van der Waals surface area contributed by atoms with Gasteiger partial charge in [-0.25, -0.2) is 9.97 Å². The Hall–Kier alpha value is -1.78. The zero-order valence-corrected chi connectivity index (χ0v) is 16.1. The number of rotatable bonds is 4. The third kappa shape index (κ3) is 3.81. The lowest BCUT2D eigenvalue weighted by Gasteiger charge is -2.37. The second-order valence-corrected chi connectivity index (χ2v) is 8.01. The van der Waals surface area contributed by atoms with Crippen molar-refractivity contribution in [3.05, 3.63) is 59.2 Å². The van der Waals surface area contributed by atoms with E-state index in [2.05, 4.69) is 60.3 Å². The van der Waals surface area contributed by atoms with Crippen LogP contribution in [0, 0.1) is 0 Å². The largest absolute Gasteiger partial charge is 0.302 e. The topological polar surface area (TPSA) is 32.3 Å². The van der Waals surface area contributed by atoms with Gasteiger partial charge in [0.15, 0.2) is 0 Å². The first-order chi connectivity index (χ1) is 12.7. The Morgan fingerprint density at radius 2 is 2.00 bits per heavy atom. The van der Waals surface area contributed by atoms with Gasteiger partial charge in [0.05, 0.1) is 6.04 Å². The molecule has 0 spiro atoms. The quantitative estimate of drug-likeness (QED) is 0.840. The minimum atomic E-state index is 0.375. The van der Waals surface area contributed by atoms with Gasteiger partial charge >= 0.3 is 0 Å². The van der Waals surface area contributed by atoms with Crippen LogP contribution in [0.2, 0.25) is 0 Å². The fourth-order valence-electron chi connectivity index (χ4n) is 4.37. The molecular weight excluding hydrogens is 320 g/mol. The number of piperidine rings is 1. The molecule has 0 saturated carbocycles. The maximum Gasteiger partial charge on any atom is 0.145 e. The monoisotopic (exact) mass is 350 g/mol. The molecule has 0 amide bonds. The molecule has 0 unspecified atom stereocenters. The summed E-state index contributed by atoms with van der Waals surface area (Å²) in [4.78, 5) is 14.8. The smallest absolute Gasteiger partial charge is 0.145 e. The highest BCUT2D eigenvalue weighted by atomic mass is 15.2. The third-order valence-corrected chi connectivity index (χ3v) is 5.93. The van der Waals surface area contributed by atoms with E-state index >= 15 is 0 Å². The Labute approximate surface area is 157 Å². The summed E-state index contributed by atoms with van der Waals surface area (Å²) in [5.41, 5.74) is 4.00. The number of hydrogen-bond donors (Lipinski definition) is 0. The van der Waals surface area contributed by atoms with Gasteiger partial charge in [0.25, 0.3) is 0 Å². The first kappa shape index (κ1) is 17.6. The summed E-state index contributed by atoms with van der Waals surface area (Å²) in [7, 11) is 2.17. The van der Waals surface area contributed by atoms with E-state index in [4.69, 9.17) is 9.97 Å². The van der Waals surface area contributed by atoms with E-state index in [-0.39, 0.29) is 0 Å². The van der Waals surface area contributed by atoms with Gasteiger partial charge in [-0.2, -0.15) is 0 Å². The van der Waals surface area contributed by atoms with Crippen LogP contribution >= 0.6 is 0 Å². The van der Waals surface area contributed by atoms with Crippen molar-refractivity contribution >= 4 is 0 Å². The van der Waals surface area contributed by atoms with Gasteiger partial charge in [-0.3, -0.25) is 4.90 Å². The molecule has 1 fully saturated rings. The zero-order valence-electron chi connectivity index (χ0n) is 16.1. The number of benzene rings is 1. The molecule has 4 nitrogen and oxygen atoms in total. The summed E-state index contributed by atoms with van der Waals surface area (Å²) < 4.78 is 0. The summed E-state index contributed by atoms with van der Waals surface area (Å²) in [6.07, 6.45) is 6.88. The van der Waals surface area contributed by atoms with E-state index < -0.39 is 0 Å². The van der Waals surface area contributed by atoms with Crippen molar-refractivity contribution in [3.8, 4) is 0 Å². The Morgan fingerprint density at radius 3 is 2.85 bits per heavy atom. The van der Waals surface area contributed by atoms with Gasteiger partial charge in [-0.1, -0.05) is 43.7 Å². The maximum absolute atomic E-state index is 5.02. The number of fused-ring (bicyclic) bond motifs is 1. The van der Waals surface area contributed by atoms with E-state index in [1.807, 2.05) is 0 Å². The fourth-order valence-corrected chi connectivity index (χ4v) is 4.37. The predicted octanol–water partition coefficient (Wildman–Crippen LogP) is 3.80. The molecule has 1 aromatic heterocycles. The van der Waals surface area contributed by atoms with E-state index in [9.17, 15) is 0 Å². The minimum absolute atomic E-state index is 0.375. The van der Waals surface area contributed by atoms with Crippen molar-refractivity contribution in [2.75, 3.05) is 26.7 Å². The Kier molecular flexibility index (Phi) is 5.32. The van der Waals surface area contributed by atoms with Crippen LogP contribution in [0.25, 0.3) is 0 Å². The highest BCUT2D eigenvalue weighted by molar-refractivity contribution is 5.22. The van der Waals surface area contributed by atoms with E-state index in [1.165, 1.54) is 36.1 Å². The normalized spacial score (nSPS) is 22.8. The average molecular weight is 351 g/mol. The first-order valence-electron chi connectivity index (χ1n) is 10.0. The average Bonchev–Trinajstić information content (AvgIpc) is 2.68. The molecule has 0 radical (unpaired) electrons. The minimum Gasteiger partial charge on any atom is -0.302 e. The predicted molar refractivity (Wildman–Crippen MR) is 105 cm³/mol. The molecule has 2 aliphatic heterocycles. The van der Waals surface area contributed by atoms with Crippen LogP contribution in [0.4, 0.5) is 0 Å². The Morgan fingerprint density at radius 1 is 1.15 bits per heavy atom. The van der Waals surface area contributed by atoms with Crippen molar-refractivity contribution in [2.45, 2.75) is 51.1 Å². The van der Waals surface area contributed by atoms with Gasteiger partial charge < -0.3 is 4.90 Å². The van der Waals surface area contributed by atoms with Crippen LogP contribution in [0.15, 0.2) is 36.5 Å². The van der Waals surface area contributed by atoms with Crippen molar-refractivity contribution < 1.29 is 0 Å². The lowest BCUT2D eigenvalue weighted by Crippen LogP contribution is -2.37. The van der Waals surface area contributed by atoms with Gasteiger partial charge in [0.1, 0.15) is 5.82 Å². The third-order valence-electron chi connectivity index (χ3n) is 5.93. The number of likely N-dealkylation sites (N-methyl/N-ethyl adjacent to an activating group) is 1. The van der Waals surface area contributed by atoms with Gasteiger partial charge in [0.2, 0.25) is 0 Å². The first-order valence-corrected chi connectivity index (χ1v) is 10.0. The van der Waals surface area contributed by atoms with Crippen LogP contribution < -0.4 is 0 Å². The number of nitrogens with zero attached hydrogens (tertiary/aromatic N) is 4. The van der Waals surface area contributed by atoms with Crippen LogP contribution in [0.5, 0.6) is 0 Å². The summed E-state index contributed by atoms with van der Waals surface area (Å²) >= 11 is 0. The molecule has 0 bridgehead atoms. The summed E-state index contributed by atoms with van der Waals surface area (Å²) in [6, 6.07) is 11.2. The Bertz CT molecular complexity index is 730. The standard InChI is InChI=1S/C22H30N4/c1-17(18-8-4-3-5-9-18)15-26-12-7-6-10-21(26)22-23-14-19-16-25(2)13-11-20(19)24-22/h3-5,8-9,14,17,21H,6-7,10-13,15-16H2,1-2H3/t17-,21+/m0/s1. The van der Waals surface area contributed by atoms with Gasteiger partial charge in [-0.05, 0) is 37.9 Å². The van der Waals surface area contributed by atoms with Crippen molar-refractivity contribution in [2.24, 2.45) is 0 Å². The molecule has 2 atom stereocenters. The van der Waals surface area contributed by atoms with E-state index in [0.29, 0.717) is 12.0 Å². The van der Waals surface area contributed by atoms with Crippen molar-refractivity contribution in [1.82, 2.24) is 19.8 Å². The molecule has 3 heterocycles. The molecule has 26 heavy (non-hydrogen) atoms. The molecular formula is C22H30N4. The van der Waals surface area contributed by atoms with Crippen LogP contribution in [0.1, 0.15) is 60.8 Å². The highest BCUT2D eigenvalue weighted by Crippen LogP contribution is 2.32. The lowest BCUT2D eigenvalue weighted by molar-refractivity contribution is 0.134. The molecule has 2 aromatic rings. The fraction of sp³-hybridized carbons (Fsp3) is 0.545. The van der Waals surface area contributed by atoms with Gasteiger partial charge in [-0.15, -0.1) is 0 Å². The molecule has 0 N–H and O–H groups in total. The van der Waals surface area contributed by atoms with Crippen LogP contribution in [-0.4, -0.2) is 46.4 Å². The molecule has 1 aromatic carbocycles. The molecule has 0 aliphatic carbocycles. The summed E-state index contributed by atoms with van der Waals surface area (Å²) in [5, 5.41) is 0. The Balaban J connectivity index is 1.52. The van der Waals surface area contributed by atoms with Gasteiger partial charge in [0, 0.05) is 43.5 Å². The SMILES string of the molecule is C[C@@H](CN1CCCC[C@@H]1c1ncc2c(n1)CCN(C)C2)c1ccccc1. The maximum atomic E-state index is 5.02. The molecule has 4 rings (SSSR count). The summed E-state index contributed by atoms with van der Waals surface area (Å²) in [5.74, 6) is 1.58.